The second-order valence-corrected chi connectivity index (χ2v) is 8.18. The van der Waals surface area contributed by atoms with Crippen LogP contribution in [0.25, 0.3) is 10.2 Å². The largest absolute Gasteiger partial charge is 0.344 e. The van der Waals surface area contributed by atoms with Crippen LogP contribution in [-0.2, 0) is 11.3 Å². The SMILES string of the molecule is Cc1ccc2nc(NC(=O)CSc3n[nH]c(=O)n3Cc3ccccc3)sc2c1. The van der Waals surface area contributed by atoms with Crippen molar-refractivity contribution in [2.75, 3.05) is 11.1 Å². The number of thioether (sulfide) groups is 1. The van der Waals surface area contributed by atoms with E-state index in [0.29, 0.717) is 16.8 Å². The number of hydrogen-bond donors (Lipinski definition) is 2. The summed E-state index contributed by atoms with van der Waals surface area (Å²) in [7, 11) is 0. The van der Waals surface area contributed by atoms with Gasteiger partial charge in [-0.1, -0.05) is 59.5 Å². The summed E-state index contributed by atoms with van der Waals surface area (Å²) >= 11 is 2.65. The quantitative estimate of drug-likeness (QED) is 0.475. The number of amides is 1. The van der Waals surface area contributed by atoms with Crippen LogP contribution in [0.3, 0.4) is 0 Å². The molecular formula is C19H17N5O2S2. The average Bonchev–Trinajstić information content (AvgIpc) is 3.23. The summed E-state index contributed by atoms with van der Waals surface area (Å²) in [6.07, 6.45) is 0. The molecule has 0 saturated heterocycles. The maximum atomic E-state index is 12.3. The summed E-state index contributed by atoms with van der Waals surface area (Å²) in [5.74, 6) is -0.0592. The van der Waals surface area contributed by atoms with E-state index in [1.54, 1.807) is 0 Å². The molecule has 2 aromatic heterocycles. The number of aromatic nitrogens is 4. The second-order valence-electron chi connectivity index (χ2n) is 6.21. The van der Waals surface area contributed by atoms with Crippen LogP contribution in [0.4, 0.5) is 5.13 Å². The van der Waals surface area contributed by atoms with E-state index in [1.165, 1.54) is 27.7 Å². The zero-order valence-electron chi connectivity index (χ0n) is 15.0. The van der Waals surface area contributed by atoms with Gasteiger partial charge in [-0.25, -0.2) is 14.9 Å². The fraction of sp³-hybridized carbons (Fsp3) is 0.158. The predicted molar refractivity (Wildman–Crippen MR) is 112 cm³/mol. The van der Waals surface area contributed by atoms with Crippen LogP contribution in [0.5, 0.6) is 0 Å². The minimum atomic E-state index is -0.298. The molecule has 142 valence electrons. The minimum absolute atomic E-state index is 0.133. The highest BCUT2D eigenvalue weighted by Gasteiger charge is 2.13. The molecule has 0 atom stereocenters. The predicted octanol–water partition coefficient (Wildman–Crippen LogP) is 3.27. The second kappa shape index (κ2) is 7.99. The van der Waals surface area contributed by atoms with Crippen molar-refractivity contribution < 1.29 is 4.79 Å². The van der Waals surface area contributed by atoms with Crippen LogP contribution in [0.1, 0.15) is 11.1 Å². The lowest BCUT2D eigenvalue weighted by Gasteiger charge is -2.05. The number of thiazole rings is 1. The molecule has 2 heterocycles. The molecule has 2 N–H and O–H groups in total. The number of anilines is 1. The Morgan fingerprint density at radius 3 is 2.89 bits per heavy atom. The molecule has 7 nitrogen and oxygen atoms in total. The summed E-state index contributed by atoms with van der Waals surface area (Å²) in [6.45, 7) is 2.42. The van der Waals surface area contributed by atoms with E-state index in [-0.39, 0.29) is 17.3 Å². The Hall–Kier alpha value is -2.91. The Kier molecular flexibility index (Phi) is 5.27. The normalized spacial score (nSPS) is 11.0. The third kappa shape index (κ3) is 4.15. The van der Waals surface area contributed by atoms with Crippen LogP contribution < -0.4 is 11.0 Å². The Bertz CT molecular complexity index is 1180. The van der Waals surface area contributed by atoms with Crippen LogP contribution in [-0.4, -0.2) is 31.4 Å². The Morgan fingerprint density at radius 1 is 1.25 bits per heavy atom. The van der Waals surface area contributed by atoms with Crippen molar-refractivity contribution in [3.05, 3.63) is 70.1 Å². The van der Waals surface area contributed by atoms with Gasteiger partial charge in [-0.15, -0.1) is 5.10 Å². The molecule has 2 aromatic carbocycles. The zero-order chi connectivity index (χ0) is 19.5. The van der Waals surface area contributed by atoms with E-state index in [2.05, 4.69) is 20.5 Å². The average molecular weight is 412 g/mol. The van der Waals surface area contributed by atoms with Gasteiger partial charge in [0.2, 0.25) is 5.91 Å². The number of aryl methyl sites for hydroxylation is 1. The molecule has 0 spiro atoms. The first-order valence-corrected chi connectivity index (χ1v) is 10.4. The molecule has 0 fully saturated rings. The highest BCUT2D eigenvalue weighted by atomic mass is 32.2. The highest BCUT2D eigenvalue weighted by Crippen LogP contribution is 2.27. The monoisotopic (exact) mass is 411 g/mol. The molecule has 9 heteroatoms. The van der Waals surface area contributed by atoms with E-state index < -0.39 is 0 Å². The number of rotatable bonds is 6. The fourth-order valence-electron chi connectivity index (χ4n) is 2.69. The van der Waals surface area contributed by atoms with Gasteiger partial charge in [0.25, 0.3) is 0 Å². The number of nitrogens with zero attached hydrogens (tertiary/aromatic N) is 3. The maximum absolute atomic E-state index is 12.3. The van der Waals surface area contributed by atoms with Crippen LogP contribution in [0.15, 0.2) is 58.5 Å². The van der Waals surface area contributed by atoms with Gasteiger partial charge in [0.05, 0.1) is 22.5 Å². The van der Waals surface area contributed by atoms with Gasteiger partial charge in [0.1, 0.15) is 0 Å². The Labute approximate surface area is 168 Å². The van der Waals surface area contributed by atoms with Crippen molar-refractivity contribution in [3.63, 3.8) is 0 Å². The van der Waals surface area contributed by atoms with Gasteiger partial charge in [0.15, 0.2) is 10.3 Å². The fourth-order valence-corrected chi connectivity index (χ4v) is 4.42. The topological polar surface area (TPSA) is 92.7 Å². The summed E-state index contributed by atoms with van der Waals surface area (Å²) in [4.78, 5) is 28.8. The summed E-state index contributed by atoms with van der Waals surface area (Å²) in [5, 5.41) is 10.3. The first-order chi connectivity index (χ1) is 13.6. The van der Waals surface area contributed by atoms with E-state index in [0.717, 1.165) is 21.3 Å². The van der Waals surface area contributed by atoms with Gasteiger partial charge >= 0.3 is 5.69 Å². The summed E-state index contributed by atoms with van der Waals surface area (Å²) in [6, 6.07) is 15.6. The number of benzene rings is 2. The number of carbonyl (C=O) groups is 1. The van der Waals surface area contributed by atoms with Crippen molar-refractivity contribution in [1.82, 2.24) is 19.7 Å². The van der Waals surface area contributed by atoms with Crippen LogP contribution in [0, 0.1) is 6.92 Å². The molecule has 0 saturated carbocycles. The zero-order valence-corrected chi connectivity index (χ0v) is 16.6. The molecule has 0 aliphatic heterocycles. The van der Waals surface area contributed by atoms with Crippen molar-refractivity contribution >= 4 is 44.4 Å². The molecule has 28 heavy (non-hydrogen) atoms. The van der Waals surface area contributed by atoms with Gasteiger partial charge in [-0.05, 0) is 30.2 Å². The lowest BCUT2D eigenvalue weighted by molar-refractivity contribution is -0.113. The number of H-pyrrole nitrogens is 1. The highest BCUT2D eigenvalue weighted by molar-refractivity contribution is 7.99. The summed E-state index contributed by atoms with van der Waals surface area (Å²) in [5.41, 5.74) is 2.71. The van der Waals surface area contributed by atoms with Crippen LogP contribution >= 0.6 is 23.1 Å². The van der Waals surface area contributed by atoms with E-state index in [4.69, 9.17) is 0 Å². The molecular weight excluding hydrogens is 394 g/mol. The van der Waals surface area contributed by atoms with E-state index >= 15 is 0 Å². The third-order valence-electron chi connectivity index (χ3n) is 4.03. The van der Waals surface area contributed by atoms with Crippen molar-refractivity contribution in [2.45, 2.75) is 18.6 Å². The third-order valence-corrected chi connectivity index (χ3v) is 5.94. The lowest BCUT2D eigenvalue weighted by atomic mass is 10.2. The maximum Gasteiger partial charge on any atom is 0.344 e. The molecule has 0 aliphatic rings. The molecule has 1 amide bonds. The smallest absolute Gasteiger partial charge is 0.301 e. The molecule has 4 aromatic rings. The first kappa shape index (κ1) is 18.5. The molecule has 0 radical (unpaired) electrons. The van der Waals surface area contributed by atoms with Gasteiger partial charge < -0.3 is 5.32 Å². The van der Waals surface area contributed by atoms with Crippen molar-refractivity contribution in [3.8, 4) is 0 Å². The standard InChI is InChI=1S/C19H17N5O2S2/c1-12-7-8-14-15(9-12)28-17(20-14)21-16(25)11-27-19-23-22-18(26)24(19)10-13-5-3-2-4-6-13/h2-9H,10-11H2,1H3,(H,22,26)(H,20,21,25). The first-order valence-electron chi connectivity index (χ1n) is 8.57. The molecule has 0 unspecified atom stereocenters. The Balaban J connectivity index is 1.41. The van der Waals surface area contributed by atoms with Gasteiger partial charge in [0, 0.05) is 0 Å². The number of nitrogens with one attached hydrogen (secondary N) is 2. The van der Waals surface area contributed by atoms with E-state index in [1.807, 2.05) is 55.5 Å². The number of carbonyl (C=O) groups excluding carboxylic acids is 1. The van der Waals surface area contributed by atoms with Crippen molar-refractivity contribution in [2.24, 2.45) is 0 Å². The summed E-state index contributed by atoms with van der Waals surface area (Å²) < 4.78 is 2.56. The van der Waals surface area contributed by atoms with Gasteiger partial charge in [-0.3, -0.25) is 9.36 Å². The minimum Gasteiger partial charge on any atom is -0.301 e. The molecule has 0 aliphatic carbocycles. The molecule has 4 rings (SSSR count). The van der Waals surface area contributed by atoms with Crippen LogP contribution in [0.2, 0.25) is 0 Å². The van der Waals surface area contributed by atoms with Gasteiger partial charge in [-0.2, -0.15) is 0 Å². The number of hydrogen-bond acceptors (Lipinski definition) is 6. The number of aromatic amines is 1. The van der Waals surface area contributed by atoms with Crippen molar-refractivity contribution in [1.29, 1.82) is 0 Å². The number of fused-ring (bicyclic) bond motifs is 1. The van der Waals surface area contributed by atoms with E-state index in [9.17, 15) is 9.59 Å². The Morgan fingerprint density at radius 2 is 2.07 bits per heavy atom. The molecule has 0 bridgehead atoms. The lowest BCUT2D eigenvalue weighted by Crippen LogP contribution is -2.19.